The lowest BCUT2D eigenvalue weighted by atomic mass is 10.2. The third-order valence-corrected chi connectivity index (χ3v) is 2.64. The second-order valence-corrected chi connectivity index (χ2v) is 4.24. The van der Waals surface area contributed by atoms with Gasteiger partial charge in [0.05, 0.1) is 19.0 Å². The number of hydrogen-bond donors (Lipinski definition) is 2. The maximum atomic E-state index is 13.4. The Morgan fingerprint density at radius 3 is 2.85 bits per heavy atom. The van der Waals surface area contributed by atoms with Crippen molar-refractivity contribution in [2.24, 2.45) is 0 Å². The monoisotopic (exact) mass is 295 g/mol. The Morgan fingerprint density at radius 1 is 1.40 bits per heavy atom. The van der Waals surface area contributed by atoms with E-state index >= 15 is 0 Å². The molecule has 20 heavy (non-hydrogen) atoms. The van der Waals surface area contributed by atoms with E-state index in [1.54, 1.807) is 18.2 Å². The highest BCUT2D eigenvalue weighted by Crippen LogP contribution is 2.16. The van der Waals surface area contributed by atoms with E-state index in [0.29, 0.717) is 16.3 Å². The van der Waals surface area contributed by atoms with Gasteiger partial charge in [0.2, 0.25) is 5.88 Å². The molecule has 0 unspecified atom stereocenters. The number of pyridine rings is 1. The van der Waals surface area contributed by atoms with E-state index in [1.165, 1.54) is 19.4 Å². The second-order valence-electron chi connectivity index (χ2n) is 3.80. The zero-order valence-electron chi connectivity index (χ0n) is 10.5. The predicted octanol–water partition coefficient (Wildman–Crippen LogP) is 2.64. The van der Waals surface area contributed by atoms with Crippen molar-refractivity contribution in [1.82, 2.24) is 10.4 Å². The van der Waals surface area contributed by atoms with Crippen LogP contribution in [0.1, 0.15) is 10.4 Å². The summed E-state index contributed by atoms with van der Waals surface area (Å²) in [6.45, 7) is 0. The number of carbonyl (C=O) groups excluding carboxylic acids is 1. The van der Waals surface area contributed by atoms with Crippen LogP contribution in [0.2, 0.25) is 5.02 Å². The molecule has 0 atom stereocenters. The molecular formula is C13H11ClFN3O2. The van der Waals surface area contributed by atoms with Crippen LogP contribution < -0.4 is 15.6 Å². The number of benzene rings is 1. The molecule has 2 aromatic rings. The number of hydrogen-bond acceptors (Lipinski definition) is 4. The average molecular weight is 296 g/mol. The van der Waals surface area contributed by atoms with Gasteiger partial charge in [0, 0.05) is 16.7 Å². The van der Waals surface area contributed by atoms with Gasteiger partial charge in [-0.2, -0.15) is 0 Å². The van der Waals surface area contributed by atoms with E-state index in [4.69, 9.17) is 16.3 Å². The van der Waals surface area contributed by atoms with E-state index in [2.05, 4.69) is 15.8 Å². The van der Waals surface area contributed by atoms with Crippen LogP contribution in [0.15, 0.2) is 36.5 Å². The normalized spacial score (nSPS) is 9.95. The standard InChI is InChI=1S/C13H11ClFN3O2/c1-20-13-11(15)6-10(7-16-13)17-18-12(19)8-3-2-4-9(14)5-8/h2-7,17H,1H3,(H,18,19). The summed E-state index contributed by atoms with van der Waals surface area (Å²) in [7, 11) is 1.32. The maximum absolute atomic E-state index is 13.4. The summed E-state index contributed by atoms with van der Waals surface area (Å²) in [6, 6.07) is 7.60. The number of ether oxygens (including phenoxy) is 1. The second kappa shape index (κ2) is 6.21. The number of hydrazine groups is 1. The Kier molecular flexibility index (Phi) is 4.37. The van der Waals surface area contributed by atoms with Gasteiger partial charge in [0.1, 0.15) is 0 Å². The molecule has 0 saturated heterocycles. The molecule has 2 rings (SSSR count). The zero-order chi connectivity index (χ0) is 14.5. The van der Waals surface area contributed by atoms with Crippen molar-refractivity contribution in [1.29, 1.82) is 0 Å². The minimum atomic E-state index is -0.630. The van der Waals surface area contributed by atoms with Crippen LogP contribution in [-0.2, 0) is 0 Å². The topological polar surface area (TPSA) is 63.2 Å². The lowest BCUT2D eigenvalue weighted by Crippen LogP contribution is -2.29. The van der Waals surface area contributed by atoms with Crippen LogP contribution in [0.25, 0.3) is 0 Å². The molecule has 0 fully saturated rings. The summed E-state index contributed by atoms with van der Waals surface area (Å²) in [5.74, 6) is -1.14. The van der Waals surface area contributed by atoms with Crippen molar-refractivity contribution < 1.29 is 13.9 Å². The van der Waals surface area contributed by atoms with Gasteiger partial charge >= 0.3 is 0 Å². The molecule has 1 aromatic carbocycles. The summed E-state index contributed by atoms with van der Waals surface area (Å²) in [6.07, 6.45) is 1.33. The van der Waals surface area contributed by atoms with Gasteiger partial charge in [-0.3, -0.25) is 15.6 Å². The highest BCUT2D eigenvalue weighted by atomic mass is 35.5. The molecule has 1 amide bonds. The summed E-state index contributed by atoms with van der Waals surface area (Å²) in [5.41, 5.74) is 5.64. The Hall–Kier alpha value is -2.34. The molecule has 5 nitrogen and oxygen atoms in total. The number of aromatic nitrogens is 1. The van der Waals surface area contributed by atoms with E-state index < -0.39 is 11.7 Å². The zero-order valence-corrected chi connectivity index (χ0v) is 11.2. The minimum Gasteiger partial charge on any atom is -0.479 e. The first kappa shape index (κ1) is 14.1. The molecule has 7 heteroatoms. The summed E-state index contributed by atoms with van der Waals surface area (Å²) >= 11 is 5.79. The van der Waals surface area contributed by atoms with Gasteiger partial charge in [-0.1, -0.05) is 17.7 Å². The number of methoxy groups -OCH3 is 1. The Balaban J connectivity index is 2.02. The van der Waals surface area contributed by atoms with Crippen LogP contribution in [0, 0.1) is 5.82 Å². The number of halogens is 2. The molecular weight excluding hydrogens is 285 g/mol. The van der Waals surface area contributed by atoms with Gasteiger partial charge < -0.3 is 4.74 Å². The summed E-state index contributed by atoms with van der Waals surface area (Å²) in [4.78, 5) is 15.5. The van der Waals surface area contributed by atoms with Crippen LogP contribution in [0.3, 0.4) is 0 Å². The fraction of sp³-hybridized carbons (Fsp3) is 0.0769. The van der Waals surface area contributed by atoms with Crippen LogP contribution in [-0.4, -0.2) is 18.0 Å². The van der Waals surface area contributed by atoms with Crippen LogP contribution >= 0.6 is 11.6 Å². The molecule has 104 valence electrons. The quantitative estimate of drug-likeness (QED) is 0.851. The van der Waals surface area contributed by atoms with Gasteiger partial charge in [-0.15, -0.1) is 0 Å². The van der Waals surface area contributed by atoms with Crippen molar-refractivity contribution in [3.63, 3.8) is 0 Å². The van der Waals surface area contributed by atoms with E-state index in [1.807, 2.05) is 0 Å². The van der Waals surface area contributed by atoms with Crippen LogP contribution in [0.4, 0.5) is 10.1 Å². The first-order valence-corrected chi connectivity index (χ1v) is 5.99. The summed E-state index contributed by atoms with van der Waals surface area (Å²) in [5, 5.41) is 0.454. The molecule has 0 radical (unpaired) electrons. The third kappa shape index (κ3) is 3.36. The minimum absolute atomic E-state index is 0.114. The van der Waals surface area contributed by atoms with Gasteiger partial charge in [-0.05, 0) is 18.2 Å². The SMILES string of the molecule is COc1ncc(NNC(=O)c2cccc(Cl)c2)cc1F. The fourth-order valence-electron chi connectivity index (χ4n) is 1.47. The third-order valence-electron chi connectivity index (χ3n) is 2.41. The van der Waals surface area contributed by atoms with Crippen molar-refractivity contribution in [2.75, 3.05) is 12.5 Å². The number of carbonyl (C=O) groups is 1. The highest BCUT2D eigenvalue weighted by Gasteiger charge is 2.08. The van der Waals surface area contributed by atoms with E-state index in [0.717, 1.165) is 6.07 Å². The molecule has 2 N–H and O–H groups in total. The first-order chi connectivity index (χ1) is 9.60. The number of nitrogens with zero attached hydrogens (tertiary/aromatic N) is 1. The summed E-state index contributed by atoms with van der Waals surface area (Å²) < 4.78 is 18.1. The van der Waals surface area contributed by atoms with E-state index in [-0.39, 0.29) is 5.88 Å². The first-order valence-electron chi connectivity index (χ1n) is 5.61. The molecule has 0 aliphatic carbocycles. The molecule has 0 bridgehead atoms. The Morgan fingerprint density at radius 2 is 2.20 bits per heavy atom. The largest absolute Gasteiger partial charge is 0.479 e. The molecule has 1 aromatic heterocycles. The van der Waals surface area contributed by atoms with Crippen molar-refractivity contribution >= 4 is 23.2 Å². The fourth-order valence-corrected chi connectivity index (χ4v) is 1.67. The molecule has 0 saturated carbocycles. The average Bonchev–Trinajstić information content (AvgIpc) is 2.45. The van der Waals surface area contributed by atoms with Crippen molar-refractivity contribution in [2.45, 2.75) is 0 Å². The number of nitrogens with one attached hydrogen (secondary N) is 2. The lowest BCUT2D eigenvalue weighted by Gasteiger charge is -2.09. The van der Waals surface area contributed by atoms with E-state index in [9.17, 15) is 9.18 Å². The Bertz CT molecular complexity index is 637. The molecule has 0 aliphatic rings. The number of amides is 1. The smallest absolute Gasteiger partial charge is 0.269 e. The molecule has 0 aliphatic heterocycles. The highest BCUT2D eigenvalue weighted by molar-refractivity contribution is 6.30. The van der Waals surface area contributed by atoms with Crippen molar-refractivity contribution in [3.05, 3.63) is 52.9 Å². The maximum Gasteiger partial charge on any atom is 0.269 e. The lowest BCUT2D eigenvalue weighted by molar-refractivity contribution is 0.0962. The van der Waals surface area contributed by atoms with Crippen LogP contribution in [0.5, 0.6) is 5.88 Å². The van der Waals surface area contributed by atoms with Gasteiger partial charge in [-0.25, -0.2) is 9.37 Å². The van der Waals surface area contributed by atoms with Crippen molar-refractivity contribution in [3.8, 4) is 5.88 Å². The van der Waals surface area contributed by atoms with Gasteiger partial charge in [0.15, 0.2) is 5.82 Å². The molecule has 1 heterocycles. The predicted molar refractivity (Wildman–Crippen MR) is 73.3 cm³/mol. The Labute approximate surface area is 119 Å². The number of rotatable bonds is 4. The van der Waals surface area contributed by atoms with Gasteiger partial charge in [0.25, 0.3) is 5.91 Å². The molecule has 0 spiro atoms. The number of anilines is 1.